The molecule has 41 heavy (non-hydrogen) atoms. The Balaban J connectivity index is 1.20. The molecule has 9 nitrogen and oxygen atoms in total. The van der Waals surface area contributed by atoms with Gasteiger partial charge in [0.1, 0.15) is 5.69 Å². The summed E-state index contributed by atoms with van der Waals surface area (Å²) in [6.07, 6.45) is 4.35. The maximum absolute atomic E-state index is 13.4. The molecule has 0 aliphatic carbocycles. The molecule has 1 aromatic heterocycles. The van der Waals surface area contributed by atoms with Gasteiger partial charge in [0.05, 0.1) is 5.92 Å². The minimum Gasteiger partial charge on any atom is -0.369 e. The van der Waals surface area contributed by atoms with E-state index in [4.69, 9.17) is 5.73 Å². The van der Waals surface area contributed by atoms with Crippen LogP contribution in [0, 0.1) is 5.92 Å². The molecule has 9 heteroatoms. The molecule has 214 valence electrons. The standard InChI is InChI=1S/C32H38N6O3/c1-2-14-36-16-18-37(19-17-36)28-12-13-34-29(21-28)32(41)38-15-4-6-26(22-38)31(40)35-27-7-3-5-25(20-27)23-8-10-24(11-9-23)30(33)39/h3,5,7-13,20-21,26H,2,4,6,14-19,22H2,1H3,(H2,33,39)(H,35,40)/t26-/m0/s1. The SMILES string of the molecule is CCCN1CCN(c2ccnc(C(=O)N3CCC[C@H](C(=O)Nc4cccc(-c5ccc(C(N)=O)cc5)c4)C3)c2)CC1. The van der Waals surface area contributed by atoms with Crippen molar-refractivity contribution >= 4 is 29.1 Å². The molecule has 0 spiro atoms. The number of nitrogens with zero attached hydrogens (tertiary/aromatic N) is 4. The molecule has 2 aliphatic rings. The Bertz CT molecular complexity index is 1380. The van der Waals surface area contributed by atoms with Crippen molar-refractivity contribution in [1.29, 1.82) is 0 Å². The fourth-order valence-corrected chi connectivity index (χ4v) is 5.66. The summed E-state index contributed by atoms with van der Waals surface area (Å²) in [4.78, 5) is 49.0. The molecule has 3 aromatic rings. The number of rotatable bonds is 8. The highest BCUT2D eigenvalue weighted by Crippen LogP contribution is 2.26. The van der Waals surface area contributed by atoms with Crippen molar-refractivity contribution in [2.24, 2.45) is 11.7 Å². The number of amides is 3. The Morgan fingerprint density at radius 2 is 1.73 bits per heavy atom. The van der Waals surface area contributed by atoms with Crippen molar-refractivity contribution in [2.75, 3.05) is 56.0 Å². The van der Waals surface area contributed by atoms with Crippen molar-refractivity contribution in [3.05, 3.63) is 78.1 Å². The number of hydrogen-bond donors (Lipinski definition) is 2. The number of carbonyl (C=O) groups excluding carboxylic acids is 3. The van der Waals surface area contributed by atoms with E-state index in [0.717, 1.165) is 68.8 Å². The lowest BCUT2D eigenvalue weighted by molar-refractivity contribution is -0.121. The first-order valence-corrected chi connectivity index (χ1v) is 14.4. The van der Waals surface area contributed by atoms with Crippen LogP contribution >= 0.6 is 0 Å². The average molecular weight is 555 g/mol. The van der Waals surface area contributed by atoms with E-state index in [-0.39, 0.29) is 17.7 Å². The number of hydrogen-bond acceptors (Lipinski definition) is 6. The zero-order chi connectivity index (χ0) is 28.8. The number of primary amides is 1. The van der Waals surface area contributed by atoms with Crippen LogP contribution in [-0.2, 0) is 4.79 Å². The second kappa shape index (κ2) is 13.0. The number of piperazine rings is 1. The van der Waals surface area contributed by atoms with Gasteiger partial charge in [-0.05, 0) is 73.3 Å². The van der Waals surface area contributed by atoms with Crippen LogP contribution in [0.15, 0.2) is 66.9 Å². The lowest BCUT2D eigenvalue weighted by atomic mass is 9.96. The van der Waals surface area contributed by atoms with Gasteiger partial charge in [0.2, 0.25) is 11.8 Å². The molecule has 0 saturated carbocycles. The van der Waals surface area contributed by atoms with Crippen LogP contribution in [0.4, 0.5) is 11.4 Å². The number of aromatic nitrogens is 1. The normalized spacial score (nSPS) is 17.7. The molecule has 2 aromatic carbocycles. The van der Waals surface area contributed by atoms with Crippen LogP contribution in [0.2, 0.25) is 0 Å². The minimum atomic E-state index is -0.470. The highest BCUT2D eigenvalue weighted by Gasteiger charge is 2.30. The summed E-state index contributed by atoms with van der Waals surface area (Å²) < 4.78 is 0. The van der Waals surface area contributed by atoms with Crippen LogP contribution in [0.1, 0.15) is 47.0 Å². The Morgan fingerprint density at radius 3 is 2.46 bits per heavy atom. The first kappa shape index (κ1) is 28.3. The minimum absolute atomic E-state index is 0.101. The number of anilines is 2. The van der Waals surface area contributed by atoms with E-state index in [9.17, 15) is 14.4 Å². The number of carbonyl (C=O) groups is 3. The summed E-state index contributed by atoms with van der Waals surface area (Å²) in [5, 5.41) is 3.04. The fourth-order valence-electron chi connectivity index (χ4n) is 5.66. The topological polar surface area (TPSA) is 112 Å². The highest BCUT2D eigenvalue weighted by molar-refractivity contribution is 5.96. The van der Waals surface area contributed by atoms with E-state index in [2.05, 4.69) is 27.0 Å². The summed E-state index contributed by atoms with van der Waals surface area (Å²) in [6, 6.07) is 18.5. The Morgan fingerprint density at radius 1 is 0.951 bits per heavy atom. The van der Waals surface area contributed by atoms with Crippen molar-refractivity contribution in [3.8, 4) is 11.1 Å². The molecular formula is C32H38N6O3. The van der Waals surface area contributed by atoms with E-state index in [1.807, 2.05) is 48.5 Å². The van der Waals surface area contributed by atoms with Gasteiger partial charge in [0, 0.05) is 62.4 Å². The largest absolute Gasteiger partial charge is 0.369 e. The Kier molecular flexibility index (Phi) is 8.94. The lowest BCUT2D eigenvalue weighted by Crippen LogP contribution is -2.46. The van der Waals surface area contributed by atoms with Crippen LogP contribution < -0.4 is 16.0 Å². The van der Waals surface area contributed by atoms with Gasteiger partial charge in [0.25, 0.3) is 5.91 Å². The molecule has 3 N–H and O–H groups in total. The number of likely N-dealkylation sites (tertiary alicyclic amines) is 1. The summed E-state index contributed by atoms with van der Waals surface area (Å²) in [5.74, 6) is -1.01. The molecule has 2 fully saturated rings. The third-order valence-electron chi connectivity index (χ3n) is 7.95. The lowest BCUT2D eigenvalue weighted by Gasteiger charge is -2.36. The van der Waals surface area contributed by atoms with Gasteiger partial charge in [-0.15, -0.1) is 0 Å². The molecular weight excluding hydrogens is 516 g/mol. The van der Waals surface area contributed by atoms with Crippen molar-refractivity contribution < 1.29 is 14.4 Å². The van der Waals surface area contributed by atoms with Gasteiger partial charge in [-0.3, -0.25) is 24.3 Å². The van der Waals surface area contributed by atoms with E-state index in [1.54, 1.807) is 23.2 Å². The van der Waals surface area contributed by atoms with Gasteiger partial charge in [-0.25, -0.2) is 0 Å². The summed E-state index contributed by atoms with van der Waals surface area (Å²) >= 11 is 0. The number of piperidine rings is 1. The van der Waals surface area contributed by atoms with Crippen molar-refractivity contribution in [3.63, 3.8) is 0 Å². The van der Waals surface area contributed by atoms with Crippen LogP contribution in [0.5, 0.6) is 0 Å². The fraction of sp³-hybridized carbons (Fsp3) is 0.375. The van der Waals surface area contributed by atoms with Gasteiger partial charge in [-0.2, -0.15) is 0 Å². The third-order valence-corrected chi connectivity index (χ3v) is 7.95. The van der Waals surface area contributed by atoms with Crippen molar-refractivity contribution in [1.82, 2.24) is 14.8 Å². The molecule has 0 unspecified atom stereocenters. The molecule has 2 saturated heterocycles. The molecule has 5 rings (SSSR count). The summed E-state index contributed by atoms with van der Waals surface area (Å²) in [5.41, 5.74) is 9.75. The zero-order valence-electron chi connectivity index (χ0n) is 23.6. The molecule has 3 amide bonds. The molecule has 1 atom stereocenters. The number of benzene rings is 2. The zero-order valence-corrected chi connectivity index (χ0v) is 23.6. The smallest absolute Gasteiger partial charge is 0.272 e. The molecule has 0 bridgehead atoms. The van der Waals surface area contributed by atoms with E-state index < -0.39 is 5.91 Å². The maximum Gasteiger partial charge on any atom is 0.272 e. The van der Waals surface area contributed by atoms with Crippen LogP contribution in [0.3, 0.4) is 0 Å². The van der Waals surface area contributed by atoms with Crippen molar-refractivity contribution in [2.45, 2.75) is 26.2 Å². The number of pyridine rings is 1. The number of nitrogens with two attached hydrogens (primary N) is 1. The molecule has 0 radical (unpaired) electrons. The van der Waals surface area contributed by atoms with Gasteiger partial charge < -0.3 is 20.9 Å². The van der Waals surface area contributed by atoms with Gasteiger partial charge in [-0.1, -0.05) is 31.2 Å². The van der Waals surface area contributed by atoms with E-state index in [1.165, 1.54) is 0 Å². The Labute approximate surface area is 241 Å². The second-order valence-electron chi connectivity index (χ2n) is 10.8. The quantitative estimate of drug-likeness (QED) is 0.437. The van der Waals surface area contributed by atoms with E-state index in [0.29, 0.717) is 30.0 Å². The predicted octanol–water partition coefficient (Wildman–Crippen LogP) is 3.87. The first-order chi connectivity index (χ1) is 19.9. The Hall–Kier alpha value is -4.24. The maximum atomic E-state index is 13.4. The highest BCUT2D eigenvalue weighted by atomic mass is 16.2. The molecule has 3 heterocycles. The monoisotopic (exact) mass is 554 g/mol. The predicted molar refractivity (Wildman–Crippen MR) is 161 cm³/mol. The summed E-state index contributed by atoms with van der Waals surface area (Å²) in [7, 11) is 0. The van der Waals surface area contributed by atoms with Gasteiger partial charge >= 0.3 is 0 Å². The molecule has 2 aliphatic heterocycles. The second-order valence-corrected chi connectivity index (χ2v) is 10.8. The third kappa shape index (κ3) is 6.92. The summed E-state index contributed by atoms with van der Waals surface area (Å²) in [6.45, 7) is 8.21. The van der Waals surface area contributed by atoms with Gasteiger partial charge in [0.15, 0.2) is 0 Å². The van der Waals surface area contributed by atoms with Crippen LogP contribution in [0.25, 0.3) is 11.1 Å². The number of nitrogens with one attached hydrogen (secondary N) is 1. The first-order valence-electron chi connectivity index (χ1n) is 14.4. The van der Waals surface area contributed by atoms with Crippen LogP contribution in [-0.4, -0.2) is 78.3 Å². The average Bonchev–Trinajstić information content (AvgIpc) is 3.01. The van der Waals surface area contributed by atoms with E-state index >= 15 is 0 Å².